The van der Waals surface area contributed by atoms with Crippen LogP contribution in [0.1, 0.15) is 6.92 Å². The molecule has 3 amide bonds. The summed E-state index contributed by atoms with van der Waals surface area (Å²) in [4.78, 5) is 37.8. The molecule has 2 N–H and O–H groups in total. The van der Waals surface area contributed by atoms with Crippen LogP contribution in [0.4, 0.5) is 26.2 Å². The largest absolute Gasteiger partial charge is 0.447 e. The highest BCUT2D eigenvalue weighted by Crippen LogP contribution is 2.28. The number of rotatable bonds is 7. The zero-order valence-electron chi connectivity index (χ0n) is 15.7. The third-order valence-electron chi connectivity index (χ3n) is 4.18. The average molecular weight is 417 g/mol. The molecule has 1 atom stereocenters. The van der Waals surface area contributed by atoms with Crippen LogP contribution in [0.25, 0.3) is 0 Å². The highest BCUT2D eigenvalue weighted by Gasteiger charge is 2.26. The van der Waals surface area contributed by atoms with Gasteiger partial charge in [-0.1, -0.05) is 12.1 Å². The van der Waals surface area contributed by atoms with Gasteiger partial charge < -0.3 is 15.4 Å². The molecule has 9 heteroatoms. The number of nitrogens with one attached hydrogen (secondary N) is 2. The Labute approximate surface area is 171 Å². The Bertz CT molecular complexity index is 907. The van der Waals surface area contributed by atoms with Crippen molar-refractivity contribution in [3.63, 3.8) is 0 Å². The molecule has 0 aromatic heterocycles. The van der Waals surface area contributed by atoms with Crippen molar-refractivity contribution >= 4 is 46.7 Å². The Balaban J connectivity index is 1.54. The zero-order chi connectivity index (χ0) is 20.8. The smallest absolute Gasteiger partial charge is 0.414 e. The zero-order valence-corrected chi connectivity index (χ0v) is 16.5. The van der Waals surface area contributed by atoms with Crippen molar-refractivity contribution in [3.05, 3.63) is 54.3 Å². The molecule has 1 fully saturated rings. The fraction of sp³-hybridized carbons (Fsp3) is 0.250. The summed E-state index contributed by atoms with van der Waals surface area (Å²) in [6, 6.07) is 12.4. The minimum atomic E-state index is -0.507. The van der Waals surface area contributed by atoms with E-state index in [1.165, 1.54) is 40.9 Å². The molecule has 3 rings (SSSR count). The summed E-state index contributed by atoms with van der Waals surface area (Å²) in [5, 5.41) is 4.95. The predicted molar refractivity (Wildman–Crippen MR) is 111 cm³/mol. The Morgan fingerprint density at radius 2 is 1.90 bits per heavy atom. The van der Waals surface area contributed by atoms with Crippen molar-refractivity contribution in [1.82, 2.24) is 0 Å². The lowest BCUT2D eigenvalue weighted by Crippen LogP contribution is -2.28. The maximum atomic E-state index is 12.9. The van der Waals surface area contributed by atoms with Crippen LogP contribution in [0, 0.1) is 5.82 Å². The number of carbonyl (C=O) groups is 3. The number of benzene rings is 2. The molecule has 0 saturated carbocycles. The van der Waals surface area contributed by atoms with Gasteiger partial charge in [-0.05, 0) is 43.3 Å². The van der Waals surface area contributed by atoms with Crippen molar-refractivity contribution < 1.29 is 23.5 Å². The van der Waals surface area contributed by atoms with Crippen LogP contribution in [0.2, 0.25) is 0 Å². The predicted octanol–water partition coefficient (Wildman–Crippen LogP) is 3.48. The number of hydrogen-bond acceptors (Lipinski definition) is 5. The SMILES string of the molecule is CC(SCC(=O)Nc1ccc(F)cc1)C(=O)Nc1ccccc1N1CCOC1=O. The van der Waals surface area contributed by atoms with E-state index in [2.05, 4.69) is 10.6 Å². The molecule has 0 bridgehead atoms. The molecule has 1 aliphatic rings. The van der Waals surface area contributed by atoms with Gasteiger partial charge >= 0.3 is 6.09 Å². The van der Waals surface area contributed by atoms with Crippen LogP contribution >= 0.6 is 11.8 Å². The highest BCUT2D eigenvalue weighted by molar-refractivity contribution is 8.01. The Hall–Kier alpha value is -3.07. The summed E-state index contributed by atoms with van der Waals surface area (Å²) in [6.45, 7) is 2.41. The number of nitrogens with zero attached hydrogens (tertiary/aromatic N) is 1. The first kappa shape index (κ1) is 20.7. The van der Waals surface area contributed by atoms with Gasteiger partial charge in [0.15, 0.2) is 0 Å². The quantitative estimate of drug-likeness (QED) is 0.720. The van der Waals surface area contributed by atoms with Gasteiger partial charge in [0.25, 0.3) is 0 Å². The second-order valence-corrected chi connectivity index (χ2v) is 7.61. The molecule has 2 aromatic rings. The molecule has 1 heterocycles. The number of para-hydroxylation sites is 2. The van der Waals surface area contributed by atoms with E-state index in [0.717, 1.165) is 0 Å². The Morgan fingerprint density at radius 1 is 1.17 bits per heavy atom. The van der Waals surface area contributed by atoms with E-state index < -0.39 is 11.3 Å². The van der Waals surface area contributed by atoms with E-state index in [-0.39, 0.29) is 23.4 Å². The maximum Gasteiger partial charge on any atom is 0.414 e. The van der Waals surface area contributed by atoms with E-state index in [0.29, 0.717) is 30.2 Å². The number of halogens is 1. The third-order valence-corrected chi connectivity index (χ3v) is 5.32. The number of carbonyl (C=O) groups excluding carboxylic acids is 3. The second-order valence-electron chi connectivity index (χ2n) is 6.28. The van der Waals surface area contributed by atoms with Crippen LogP contribution in [-0.4, -0.2) is 42.1 Å². The minimum Gasteiger partial charge on any atom is -0.447 e. The summed E-state index contributed by atoms with van der Waals surface area (Å²) in [5.41, 5.74) is 1.55. The summed E-state index contributed by atoms with van der Waals surface area (Å²) >= 11 is 1.17. The molecule has 0 spiro atoms. The molecular formula is C20H20FN3O4S. The molecule has 1 saturated heterocycles. The molecular weight excluding hydrogens is 397 g/mol. The lowest BCUT2D eigenvalue weighted by atomic mass is 10.2. The van der Waals surface area contributed by atoms with Gasteiger partial charge in [-0.25, -0.2) is 9.18 Å². The number of hydrogen-bond donors (Lipinski definition) is 2. The summed E-state index contributed by atoms with van der Waals surface area (Å²) in [7, 11) is 0. The maximum absolute atomic E-state index is 12.9. The van der Waals surface area contributed by atoms with Crippen LogP contribution in [-0.2, 0) is 14.3 Å². The van der Waals surface area contributed by atoms with E-state index in [4.69, 9.17) is 4.74 Å². The number of ether oxygens (including phenoxy) is 1. The number of thioether (sulfide) groups is 1. The van der Waals surface area contributed by atoms with Crippen molar-refractivity contribution in [2.75, 3.05) is 34.4 Å². The molecule has 0 radical (unpaired) electrons. The average Bonchev–Trinajstić information content (AvgIpc) is 3.14. The minimum absolute atomic E-state index is 0.0616. The molecule has 7 nitrogen and oxygen atoms in total. The van der Waals surface area contributed by atoms with Gasteiger partial charge in [-0.3, -0.25) is 14.5 Å². The Morgan fingerprint density at radius 3 is 2.59 bits per heavy atom. The van der Waals surface area contributed by atoms with Crippen molar-refractivity contribution in [3.8, 4) is 0 Å². The molecule has 1 aliphatic heterocycles. The molecule has 152 valence electrons. The van der Waals surface area contributed by atoms with Crippen LogP contribution in [0.15, 0.2) is 48.5 Å². The molecule has 0 aliphatic carbocycles. The van der Waals surface area contributed by atoms with E-state index >= 15 is 0 Å². The van der Waals surface area contributed by atoms with E-state index in [1.54, 1.807) is 31.2 Å². The van der Waals surface area contributed by atoms with Gasteiger partial charge in [0.1, 0.15) is 12.4 Å². The summed E-state index contributed by atoms with van der Waals surface area (Å²) < 4.78 is 17.9. The normalized spacial score (nSPS) is 14.3. The van der Waals surface area contributed by atoms with E-state index in [1.807, 2.05) is 0 Å². The first-order valence-electron chi connectivity index (χ1n) is 8.95. The topological polar surface area (TPSA) is 87.7 Å². The van der Waals surface area contributed by atoms with Crippen LogP contribution in [0.3, 0.4) is 0 Å². The van der Waals surface area contributed by atoms with Crippen molar-refractivity contribution in [1.29, 1.82) is 0 Å². The van der Waals surface area contributed by atoms with Crippen molar-refractivity contribution in [2.45, 2.75) is 12.2 Å². The second kappa shape index (κ2) is 9.42. The number of amides is 3. The van der Waals surface area contributed by atoms with E-state index in [9.17, 15) is 18.8 Å². The summed E-state index contributed by atoms with van der Waals surface area (Å²) in [5.74, 6) is -0.900. The van der Waals surface area contributed by atoms with Gasteiger partial charge in [0, 0.05) is 5.69 Å². The Kier molecular flexibility index (Phi) is 6.71. The van der Waals surface area contributed by atoms with Gasteiger partial charge in [0.05, 0.1) is 28.9 Å². The monoisotopic (exact) mass is 417 g/mol. The van der Waals surface area contributed by atoms with Gasteiger partial charge in [0.2, 0.25) is 11.8 Å². The van der Waals surface area contributed by atoms with Gasteiger partial charge in [-0.2, -0.15) is 0 Å². The first-order valence-corrected chi connectivity index (χ1v) is 10.00. The first-order chi connectivity index (χ1) is 13.9. The molecule has 2 aromatic carbocycles. The standard InChI is InChI=1S/C20H20FN3O4S/c1-13(29-12-18(25)22-15-8-6-14(21)7-9-15)19(26)23-16-4-2-3-5-17(16)24-10-11-28-20(24)27/h2-9,13H,10-12H2,1H3,(H,22,25)(H,23,26). The summed E-state index contributed by atoms with van der Waals surface area (Å²) in [6.07, 6.45) is -0.452. The van der Waals surface area contributed by atoms with Crippen LogP contribution in [0.5, 0.6) is 0 Å². The van der Waals surface area contributed by atoms with Crippen LogP contribution < -0.4 is 15.5 Å². The highest BCUT2D eigenvalue weighted by atomic mass is 32.2. The number of anilines is 3. The lowest BCUT2D eigenvalue weighted by Gasteiger charge is -2.19. The third kappa shape index (κ3) is 5.47. The molecule has 29 heavy (non-hydrogen) atoms. The number of cyclic esters (lactones) is 1. The van der Waals surface area contributed by atoms with Gasteiger partial charge in [-0.15, -0.1) is 11.8 Å². The molecule has 1 unspecified atom stereocenters. The fourth-order valence-electron chi connectivity index (χ4n) is 2.67. The fourth-order valence-corrected chi connectivity index (χ4v) is 3.35. The lowest BCUT2D eigenvalue weighted by molar-refractivity contribution is -0.115. The van der Waals surface area contributed by atoms with Crippen molar-refractivity contribution in [2.24, 2.45) is 0 Å².